The van der Waals surface area contributed by atoms with E-state index in [0.29, 0.717) is 0 Å². The summed E-state index contributed by atoms with van der Waals surface area (Å²) in [5.41, 5.74) is 2.76. The Hall–Kier alpha value is -1.02. The number of methoxy groups -OCH3 is 1. The van der Waals surface area contributed by atoms with Crippen molar-refractivity contribution in [3.63, 3.8) is 0 Å². The van der Waals surface area contributed by atoms with Crippen LogP contribution in [0.15, 0.2) is 34.0 Å². The second-order valence-electron chi connectivity index (χ2n) is 3.56. The van der Waals surface area contributed by atoms with Gasteiger partial charge in [-0.05, 0) is 32.4 Å². The zero-order chi connectivity index (χ0) is 10.4. The summed E-state index contributed by atoms with van der Waals surface area (Å²) in [6.45, 7) is 5.09. The van der Waals surface area contributed by atoms with Crippen LogP contribution in [0.4, 0.5) is 0 Å². The molecule has 1 aromatic heterocycles. The van der Waals surface area contributed by atoms with Crippen molar-refractivity contribution < 1.29 is 9.15 Å². The monoisotopic (exact) mass is 194 g/mol. The average Bonchev–Trinajstić information content (AvgIpc) is 2.66. The molecule has 78 valence electrons. The standard InChI is InChI=1S/C12H18O2/c1-10(6-8-13-3)11(2)9-12-5-4-7-14-12/h4-5,7H,6,8-9H2,1-3H3/b11-10-. The van der Waals surface area contributed by atoms with Gasteiger partial charge in [0.2, 0.25) is 0 Å². The number of hydrogen-bond donors (Lipinski definition) is 0. The molecule has 0 amide bonds. The molecule has 1 rings (SSSR count). The third-order valence-electron chi connectivity index (χ3n) is 2.43. The first-order chi connectivity index (χ1) is 6.74. The molecular formula is C12H18O2. The Balaban J connectivity index is 2.50. The summed E-state index contributed by atoms with van der Waals surface area (Å²) in [6.07, 6.45) is 3.62. The van der Waals surface area contributed by atoms with Crippen LogP contribution in [-0.2, 0) is 11.2 Å². The number of rotatable bonds is 5. The smallest absolute Gasteiger partial charge is 0.107 e. The summed E-state index contributed by atoms with van der Waals surface area (Å²) < 4.78 is 10.3. The van der Waals surface area contributed by atoms with Crippen LogP contribution >= 0.6 is 0 Å². The predicted octanol–water partition coefficient (Wildman–Crippen LogP) is 3.20. The van der Waals surface area contributed by atoms with E-state index in [2.05, 4.69) is 13.8 Å². The minimum Gasteiger partial charge on any atom is -0.469 e. The first-order valence-electron chi connectivity index (χ1n) is 4.90. The predicted molar refractivity (Wildman–Crippen MR) is 57.3 cm³/mol. The largest absolute Gasteiger partial charge is 0.469 e. The highest BCUT2D eigenvalue weighted by Gasteiger charge is 2.01. The summed E-state index contributed by atoms with van der Waals surface area (Å²) in [5, 5.41) is 0. The molecule has 0 fully saturated rings. The van der Waals surface area contributed by atoms with Gasteiger partial charge in [-0.25, -0.2) is 0 Å². The number of furan rings is 1. The van der Waals surface area contributed by atoms with Crippen LogP contribution in [0.2, 0.25) is 0 Å². The highest BCUT2D eigenvalue weighted by Crippen LogP contribution is 2.14. The molecule has 0 aliphatic carbocycles. The van der Waals surface area contributed by atoms with Gasteiger partial charge in [0.05, 0.1) is 6.26 Å². The SMILES string of the molecule is COCC/C(C)=C(/C)Cc1ccco1. The van der Waals surface area contributed by atoms with Crippen molar-refractivity contribution in [1.29, 1.82) is 0 Å². The Morgan fingerprint density at radius 1 is 1.36 bits per heavy atom. The van der Waals surface area contributed by atoms with Crippen LogP contribution in [0, 0.1) is 0 Å². The van der Waals surface area contributed by atoms with Gasteiger partial charge < -0.3 is 9.15 Å². The van der Waals surface area contributed by atoms with Gasteiger partial charge in [-0.3, -0.25) is 0 Å². The molecule has 14 heavy (non-hydrogen) atoms. The lowest BCUT2D eigenvalue weighted by atomic mass is 10.0. The van der Waals surface area contributed by atoms with Crippen molar-refractivity contribution in [2.24, 2.45) is 0 Å². The molecule has 2 heteroatoms. The van der Waals surface area contributed by atoms with Gasteiger partial charge in [0.1, 0.15) is 5.76 Å². The molecule has 0 N–H and O–H groups in total. The molecule has 0 saturated carbocycles. The minimum absolute atomic E-state index is 0.793. The van der Waals surface area contributed by atoms with E-state index >= 15 is 0 Å². The lowest BCUT2D eigenvalue weighted by Crippen LogP contribution is -1.94. The molecule has 0 unspecified atom stereocenters. The lowest BCUT2D eigenvalue weighted by Gasteiger charge is -2.05. The van der Waals surface area contributed by atoms with E-state index < -0.39 is 0 Å². The minimum atomic E-state index is 0.793. The van der Waals surface area contributed by atoms with E-state index in [4.69, 9.17) is 9.15 Å². The molecule has 0 aromatic carbocycles. The summed E-state index contributed by atoms with van der Waals surface area (Å²) in [5.74, 6) is 1.03. The molecule has 2 nitrogen and oxygen atoms in total. The highest BCUT2D eigenvalue weighted by atomic mass is 16.5. The van der Waals surface area contributed by atoms with Gasteiger partial charge in [0, 0.05) is 20.1 Å². The Labute approximate surface area is 85.6 Å². The van der Waals surface area contributed by atoms with Crippen LogP contribution in [0.1, 0.15) is 26.0 Å². The lowest BCUT2D eigenvalue weighted by molar-refractivity contribution is 0.202. The molecule has 0 atom stereocenters. The molecule has 1 heterocycles. The summed E-state index contributed by atoms with van der Waals surface area (Å²) in [6, 6.07) is 3.93. The number of ether oxygens (including phenoxy) is 1. The van der Waals surface area contributed by atoms with Crippen molar-refractivity contribution in [2.75, 3.05) is 13.7 Å². The van der Waals surface area contributed by atoms with E-state index in [0.717, 1.165) is 25.2 Å². The van der Waals surface area contributed by atoms with Gasteiger partial charge in [0.25, 0.3) is 0 Å². The maximum atomic E-state index is 5.29. The Morgan fingerprint density at radius 2 is 2.14 bits per heavy atom. The highest BCUT2D eigenvalue weighted by molar-refractivity contribution is 5.16. The second kappa shape index (κ2) is 5.66. The topological polar surface area (TPSA) is 22.4 Å². The second-order valence-corrected chi connectivity index (χ2v) is 3.56. The Bertz CT molecular complexity index is 283. The molecule has 0 bridgehead atoms. The van der Waals surface area contributed by atoms with Crippen molar-refractivity contribution in [3.05, 3.63) is 35.3 Å². The van der Waals surface area contributed by atoms with Gasteiger partial charge >= 0.3 is 0 Å². The van der Waals surface area contributed by atoms with Crippen LogP contribution in [-0.4, -0.2) is 13.7 Å². The molecule has 0 saturated heterocycles. The third kappa shape index (κ3) is 3.38. The maximum Gasteiger partial charge on any atom is 0.107 e. The van der Waals surface area contributed by atoms with Gasteiger partial charge in [-0.1, -0.05) is 11.1 Å². The van der Waals surface area contributed by atoms with Crippen molar-refractivity contribution in [2.45, 2.75) is 26.7 Å². The van der Waals surface area contributed by atoms with Crippen molar-refractivity contribution in [1.82, 2.24) is 0 Å². The quantitative estimate of drug-likeness (QED) is 0.672. The Kier molecular flexibility index (Phi) is 4.47. The van der Waals surface area contributed by atoms with Crippen LogP contribution in [0.5, 0.6) is 0 Å². The van der Waals surface area contributed by atoms with E-state index in [1.165, 1.54) is 11.1 Å². The van der Waals surface area contributed by atoms with Crippen LogP contribution in [0.25, 0.3) is 0 Å². The maximum absolute atomic E-state index is 5.29. The Morgan fingerprint density at radius 3 is 2.71 bits per heavy atom. The first kappa shape index (κ1) is 11.1. The fourth-order valence-electron chi connectivity index (χ4n) is 1.29. The van der Waals surface area contributed by atoms with Crippen molar-refractivity contribution in [3.8, 4) is 0 Å². The molecular weight excluding hydrogens is 176 g/mol. The first-order valence-corrected chi connectivity index (χ1v) is 4.90. The summed E-state index contributed by atoms with van der Waals surface area (Å²) in [4.78, 5) is 0. The van der Waals surface area contributed by atoms with Gasteiger partial charge in [-0.2, -0.15) is 0 Å². The van der Waals surface area contributed by atoms with Crippen LogP contribution in [0.3, 0.4) is 0 Å². The van der Waals surface area contributed by atoms with E-state index in [-0.39, 0.29) is 0 Å². The number of allylic oxidation sites excluding steroid dienone is 1. The van der Waals surface area contributed by atoms with E-state index in [1.807, 2.05) is 12.1 Å². The van der Waals surface area contributed by atoms with Gasteiger partial charge in [0.15, 0.2) is 0 Å². The fraction of sp³-hybridized carbons (Fsp3) is 0.500. The normalized spacial score (nSPS) is 12.8. The summed E-state index contributed by atoms with van der Waals surface area (Å²) in [7, 11) is 1.73. The van der Waals surface area contributed by atoms with Crippen LogP contribution < -0.4 is 0 Å². The molecule has 0 aliphatic heterocycles. The molecule has 0 aliphatic rings. The zero-order valence-corrected chi connectivity index (χ0v) is 9.17. The average molecular weight is 194 g/mol. The molecule has 1 aromatic rings. The van der Waals surface area contributed by atoms with E-state index in [9.17, 15) is 0 Å². The summed E-state index contributed by atoms with van der Waals surface area (Å²) >= 11 is 0. The van der Waals surface area contributed by atoms with Crippen molar-refractivity contribution >= 4 is 0 Å². The molecule has 0 spiro atoms. The molecule has 0 radical (unpaired) electrons. The van der Waals surface area contributed by atoms with E-state index in [1.54, 1.807) is 13.4 Å². The zero-order valence-electron chi connectivity index (χ0n) is 9.17. The fourth-order valence-corrected chi connectivity index (χ4v) is 1.29. The number of hydrogen-bond acceptors (Lipinski definition) is 2. The van der Waals surface area contributed by atoms with Gasteiger partial charge in [-0.15, -0.1) is 0 Å². The third-order valence-corrected chi connectivity index (χ3v) is 2.43.